The zero-order valence-corrected chi connectivity index (χ0v) is 12.5. The predicted octanol–water partition coefficient (Wildman–Crippen LogP) is 2.68. The van der Waals surface area contributed by atoms with Gasteiger partial charge in [-0.3, -0.25) is 0 Å². The molecule has 0 aliphatic carbocycles. The molecule has 0 aromatic rings. The first-order valence-corrected chi connectivity index (χ1v) is 7.58. The summed E-state index contributed by atoms with van der Waals surface area (Å²) in [7, 11) is 0. The molecule has 1 atom stereocenters. The van der Waals surface area contributed by atoms with Crippen molar-refractivity contribution in [2.75, 3.05) is 32.8 Å². The molecule has 1 rings (SSSR count). The molecule has 1 fully saturated rings. The Bertz CT molecular complexity index is 213. The molecule has 0 saturated carbocycles. The summed E-state index contributed by atoms with van der Waals surface area (Å²) < 4.78 is 5.46. The predicted molar refractivity (Wildman–Crippen MR) is 75.8 cm³/mol. The van der Waals surface area contributed by atoms with Crippen molar-refractivity contribution in [2.24, 2.45) is 5.41 Å². The second-order valence-corrected chi connectivity index (χ2v) is 6.05. The van der Waals surface area contributed by atoms with Crippen LogP contribution < -0.4 is 0 Å². The van der Waals surface area contributed by atoms with Crippen LogP contribution in [-0.2, 0) is 4.74 Å². The maximum Gasteiger partial charge on any atom is 0.0900 e. The Labute approximate surface area is 113 Å². The molecule has 1 heterocycles. The van der Waals surface area contributed by atoms with Crippen LogP contribution in [0.3, 0.4) is 0 Å². The smallest absolute Gasteiger partial charge is 0.0900 e. The molecule has 3 nitrogen and oxygen atoms in total. The Morgan fingerprint density at radius 3 is 2.50 bits per heavy atom. The van der Waals surface area contributed by atoms with E-state index in [1.165, 1.54) is 19.3 Å². The first-order chi connectivity index (χ1) is 8.59. The summed E-state index contributed by atoms with van der Waals surface area (Å²) in [5.74, 6) is 0. The zero-order chi connectivity index (χ0) is 13.4. The normalized spacial score (nSPS) is 22.0. The summed E-state index contributed by atoms with van der Waals surface area (Å²) in [4.78, 5) is 2.38. The molecule has 0 amide bonds. The number of rotatable bonds is 8. The highest BCUT2D eigenvalue weighted by Crippen LogP contribution is 2.33. The van der Waals surface area contributed by atoms with Crippen LogP contribution in [0.25, 0.3) is 0 Å². The number of β-amino-alcohol motifs (C(OH)–C–C–N with tert-alkyl or cyclic N) is 1. The summed E-state index contributed by atoms with van der Waals surface area (Å²) in [5, 5.41) is 9.92. The summed E-state index contributed by atoms with van der Waals surface area (Å²) in [6.45, 7) is 11.1. The lowest BCUT2D eigenvalue weighted by Gasteiger charge is -2.39. The highest BCUT2D eigenvalue weighted by atomic mass is 16.5. The van der Waals surface area contributed by atoms with E-state index >= 15 is 0 Å². The third-order valence-corrected chi connectivity index (χ3v) is 4.34. The van der Waals surface area contributed by atoms with E-state index in [4.69, 9.17) is 4.74 Å². The Balaban J connectivity index is 2.12. The van der Waals surface area contributed by atoms with E-state index < -0.39 is 0 Å². The van der Waals surface area contributed by atoms with Crippen molar-refractivity contribution in [3.05, 3.63) is 0 Å². The molecule has 1 aliphatic heterocycles. The van der Waals surface area contributed by atoms with Gasteiger partial charge in [0.25, 0.3) is 0 Å². The Morgan fingerprint density at radius 1 is 1.28 bits per heavy atom. The van der Waals surface area contributed by atoms with Gasteiger partial charge in [-0.15, -0.1) is 0 Å². The van der Waals surface area contributed by atoms with Gasteiger partial charge in [0.05, 0.1) is 12.7 Å². The van der Waals surface area contributed by atoms with Gasteiger partial charge < -0.3 is 14.7 Å². The van der Waals surface area contributed by atoms with Crippen molar-refractivity contribution >= 4 is 0 Å². The van der Waals surface area contributed by atoms with E-state index in [0.29, 0.717) is 12.0 Å². The standard InChI is InChI=1S/C15H31NO2/c1-4-6-11-18-13-14(17)12-16-9-7-15(3,5-2)8-10-16/h14,17H,4-13H2,1-3H3. The molecule has 0 aromatic carbocycles. The van der Waals surface area contributed by atoms with Crippen LogP contribution in [0.5, 0.6) is 0 Å². The van der Waals surface area contributed by atoms with Crippen LogP contribution in [0.4, 0.5) is 0 Å². The van der Waals surface area contributed by atoms with Crippen molar-refractivity contribution in [1.29, 1.82) is 0 Å². The molecule has 108 valence electrons. The van der Waals surface area contributed by atoms with Gasteiger partial charge in [0.1, 0.15) is 0 Å². The molecule has 0 bridgehead atoms. The highest BCUT2D eigenvalue weighted by Gasteiger charge is 2.28. The van der Waals surface area contributed by atoms with Crippen LogP contribution >= 0.6 is 0 Å². The van der Waals surface area contributed by atoms with Crippen LogP contribution in [0, 0.1) is 5.41 Å². The fourth-order valence-electron chi connectivity index (χ4n) is 2.45. The van der Waals surface area contributed by atoms with Crippen molar-refractivity contribution in [3.8, 4) is 0 Å². The number of likely N-dealkylation sites (tertiary alicyclic amines) is 1. The third-order valence-electron chi connectivity index (χ3n) is 4.34. The average Bonchev–Trinajstić information content (AvgIpc) is 2.38. The van der Waals surface area contributed by atoms with E-state index in [0.717, 1.165) is 39.1 Å². The second-order valence-electron chi connectivity index (χ2n) is 6.05. The topological polar surface area (TPSA) is 32.7 Å². The van der Waals surface area contributed by atoms with Crippen LogP contribution in [0.2, 0.25) is 0 Å². The maximum atomic E-state index is 9.92. The van der Waals surface area contributed by atoms with Crippen molar-refractivity contribution < 1.29 is 9.84 Å². The molecule has 0 spiro atoms. The molecule has 1 N–H and O–H groups in total. The number of piperidine rings is 1. The number of hydrogen-bond acceptors (Lipinski definition) is 3. The van der Waals surface area contributed by atoms with Crippen LogP contribution in [-0.4, -0.2) is 49.0 Å². The number of aliphatic hydroxyl groups excluding tert-OH is 1. The van der Waals surface area contributed by atoms with Crippen molar-refractivity contribution in [1.82, 2.24) is 4.90 Å². The minimum absolute atomic E-state index is 0.326. The molecule has 18 heavy (non-hydrogen) atoms. The molecule has 0 radical (unpaired) electrons. The molecule has 3 heteroatoms. The van der Waals surface area contributed by atoms with Gasteiger partial charge in [0.2, 0.25) is 0 Å². The summed E-state index contributed by atoms with van der Waals surface area (Å²) >= 11 is 0. The first kappa shape index (κ1) is 15.9. The fraction of sp³-hybridized carbons (Fsp3) is 1.00. The minimum atomic E-state index is -0.326. The number of nitrogens with zero attached hydrogens (tertiary/aromatic N) is 1. The molecule has 0 aromatic heterocycles. The van der Waals surface area contributed by atoms with Gasteiger partial charge in [-0.25, -0.2) is 0 Å². The lowest BCUT2D eigenvalue weighted by Crippen LogP contribution is -2.43. The molecular formula is C15H31NO2. The van der Waals surface area contributed by atoms with Gasteiger partial charge in [0, 0.05) is 13.2 Å². The maximum absolute atomic E-state index is 9.92. The van der Waals surface area contributed by atoms with E-state index in [2.05, 4.69) is 25.7 Å². The Morgan fingerprint density at radius 2 is 1.94 bits per heavy atom. The molecule has 1 aliphatic rings. The monoisotopic (exact) mass is 257 g/mol. The Hall–Kier alpha value is -0.120. The van der Waals surface area contributed by atoms with Gasteiger partial charge in [-0.1, -0.05) is 33.6 Å². The largest absolute Gasteiger partial charge is 0.389 e. The summed E-state index contributed by atoms with van der Waals surface area (Å²) in [6.07, 6.45) is 5.69. The van der Waals surface area contributed by atoms with Gasteiger partial charge in [-0.05, 0) is 37.8 Å². The zero-order valence-electron chi connectivity index (χ0n) is 12.5. The number of aliphatic hydroxyl groups is 1. The van der Waals surface area contributed by atoms with Gasteiger partial charge in [0.15, 0.2) is 0 Å². The summed E-state index contributed by atoms with van der Waals surface area (Å²) in [6, 6.07) is 0. The Kier molecular flexibility index (Phi) is 7.20. The highest BCUT2D eigenvalue weighted by molar-refractivity contribution is 4.82. The van der Waals surface area contributed by atoms with Crippen molar-refractivity contribution in [3.63, 3.8) is 0 Å². The lowest BCUT2D eigenvalue weighted by molar-refractivity contribution is 0.00344. The van der Waals surface area contributed by atoms with E-state index in [1.807, 2.05) is 0 Å². The number of hydrogen-bond donors (Lipinski definition) is 1. The SMILES string of the molecule is CCCCOCC(O)CN1CCC(C)(CC)CC1. The molecular weight excluding hydrogens is 226 g/mol. The molecule has 1 saturated heterocycles. The average molecular weight is 257 g/mol. The quantitative estimate of drug-likeness (QED) is 0.679. The van der Waals surface area contributed by atoms with Gasteiger partial charge >= 0.3 is 0 Å². The third kappa shape index (κ3) is 5.68. The van der Waals surface area contributed by atoms with Crippen LogP contribution in [0.1, 0.15) is 52.9 Å². The second kappa shape index (κ2) is 8.13. The van der Waals surface area contributed by atoms with Crippen molar-refractivity contribution in [2.45, 2.75) is 59.0 Å². The number of ether oxygens (including phenoxy) is 1. The molecule has 1 unspecified atom stereocenters. The van der Waals surface area contributed by atoms with Gasteiger partial charge in [-0.2, -0.15) is 0 Å². The lowest BCUT2D eigenvalue weighted by atomic mass is 9.78. The fourth-order valence-corrected chi connectivity index (χ4v) is 2.45. The van der Waals surface area contributed by atoms with E-state index in [1.54, 1.807) is 0 Å². The minimum Gasteiger partial charge on any atom is -0.389 e. The summed E-state index contributed by atoms with van der Waals surface area (Å²) in [5.41, 5.74) is 0.527. The van der Waals surface area contributed by atoms with E-state index in [-0.39, 0.29) is 6.10 Å². The van der Waals surface area contributed by atoms with Crippen LogP contribution in [0.15, 0.2) is 0 Å². The van der Waals surface area contributed by atoms with E-state index in [9.17, 15) is 5.11 Å². The number of unbranched alkanes of at least 4 members (excludes halogenated alkanes) is 1. The first-order valence-electron chi connectivity index (χ1n) is 7.58.